The minimum absolute atomic E-state index is 0.000204. The first-order chi connectivity index (χ1) is 13.3. The molecule has 2 saturated heterocycles. The number of nitrogens with zero attached hydrogens (tertiary/aromatic N) is 1. The van der Waals surface area contributed by atoms with Gasteiger partial charge in [-0.15, -0.1) is 0 Å². The van der Waals surface area contributed by atoms with Crippen molar-refractivity contribution in [2.45, 2.75) is 96.6 Å². The van der Waals surface area contributed by atoms with E-state index < -0.39 is 5.79 Å². The molecule has 28 heavy (non-hydrogen) atoms. The molecule has 0 aliphatic carbocycles. The maximum atomic E-state index is 6.68. The van der Waals surface area contributed by atoms with Crippen molar-refractivity contribution in [3.8, 4) is 0 Å². The van der Waals surface area contributed by atoms with E-state index in [1.165, 1.54) is 11.5 Å². The Morgan fingerprint density at radius 1 is 1.00 bits per heavy atom. The molecule has 2 fully saturated rings. The quantitative estimate of drug-likeness (QED) is 0.612. The van der Waals surface area contributed by atoms with E-state index in [9.17, 15) is 0 Å². The van der Waals surface area contributed by atoms with E-state index in [1.54, 1.807) is 0 Å². The molecule has 1 spiro atoms. The molecule has 1 aromatic carbocycles. The number of rotatable bonds is 6. The Labute approximate surface area is 171 Å². The van der Waals surface area contributed by atoms with Crippen LogP contribution in [0.2, 0.25) is 0 Å². The van der Waals surface area contributed by atoms with Gasteiger partial charge in [-0.3, -0.25) is 4.84 Å². The summed E-state index contributed by atoms with van der Waals surface area (Å²) < 4.78 is 12.8. The first-order valence-electron chi connectivity index (χ1n) is 10.9. The second kappa shape index (κ2) is 8.43. The molecule has 1 radical (unpaired) electrons. The molecule has 1 atom stereocenters. The largest absolute Gasteiger partial charge is 0.349 e. The van der Waals surface area contributed by atoms with E-state index in [0.717, 1.165) is 45.3 Å². The fraction of sp³-hybridized carbons (Fsp3) is 0.708. The predicted octanol–water partition coefficient (Wildman–Crippen LogP) is 5.84. The van der Waals surface area contributed by atoms with Crippen LogP contribution in [0.4, 0.5) is 0 Å². The lowest BCUT2D eigenvalue weighted by atomic mass is 9.73. The molecule has 0 bridgehead atoms. The zero-order chi connectivity index (χ0) is 20.4. The molecule has 0 aromatic heterocycles. The third-order valence-corrected chi connectivity index (χ3v) is 6.71. The van der Waals surface area contributed by atoms with Gasteiger partial charge in [0.2, 0.25) is 0 Å². The van der Waals surface area contributed by atoms with E-state index in [1.807, 2.05) is 6.07 Å². The fourth-order valence-corrected chi connectivity index (χ4v) is 4.95. The molecule has 157 valence electrons. The third kappa shape index (κ3) is 4.16. The Bertz CT molecular complexity index is 618. The highest BCUT2D eigenvalue weighted by Gasteiger charge is 2.58. The minimum atomic E-state index is -0.510. The number of benzene rings is 1. The van der Waals surface area contributed by atoms with Gasteiger partial charge < -0.3 is 9.47 Å². The van der Waals surface area contributed by atoms with Gasteiger partial charge in [-0.1, -0.05) is 51.1 Å². The summed E-state index contributed by atoms with van der Waals surface area (Å²) in [4.78, 5) is 6.68. The monoisotopic (exact) mass is 388 g/mol. The topological polar surface area (TPSA) is 30.9 Å². The lowest BCUT2D eigenvalue weighted by Crippen LogP contribution is -2.69. The minimum Gasteiger partial charge on any atom is -0.349 e. The Morgan fingerprint density at radius 3 is 2.14 bits per heavy atom. The average Bonchev–Trinajstić information content (AvgIpc) is 2.70. The highest BCUT2D eigenvalue weighted by molar-refractivity contribution is 5.17. The van der Waals surface area contributed by atoms with Crippen molar-refractivity contribution in [1.29, 1.82) is 0 Å². The zero-order valence-electron chi connectivity index (χ0n) is 18.6. The normalized spacial score (nSPS) is 25.6. The summed E-state index contributed by atoms with van der Waals surface area (Å²) in [6, 6.07) is 10.5. The SMILES string of the molecule is CC[C]1COC2(CC(C)(C)N(OC(C)c3ccccc3)C(CC)(CC)C2)OC1. The number of hydrogen-bond acceptors (Lipinski definition) is 4. The van der Waals surface area contributed by atoms with Crippen molar-refractivity contribution >= 4 is 0 Å². The van der Waals surface area contributed by atoms with Crippen LogP contribution in [-0.2, 0) is 14.3 Å². The van der Waals surface area contributed by atoms with Crippen LogP contribution in [-0.4, -0.2) is 35.1 Å². The molecule has 0 N–H and O–H groups in total. The van der Waals surface area contributed by atoms with Gasteiger partial charge in [0.05, 0.1) is 18.8 Å². The van der Waals surface area contributed by atoms with Crippen molar-refractivity contribution in [3.63, 3.8) is 0 Å². The van der Waals surface area contributed by atoms with Gasteiger partial charge in [-0.2, -0.15) is 5.06 Å². The van der Waals surface area contributed by atoms with Crippen molar-refractivity contribution in [1.82, 2.24) is 5.06 Å². The Hall–Kier alpha value is -0.940. The van der Waals surface area contributed by atoms with Crippen LogP contribution in [0, 0.1) is 5.92 Å². The van der Waals surface area contributed by atoms with Crippen molar-refractivity contribution in [2.75, 3.05) is 13.2 Å². The van der Waals surface area contributed by atoms with Crippen LogP contribution in [0.3, 0.4) is 0 Å². The van der Waals surface area contributed by atoms with Crippen LogP contribution in [0.5, 0.6) is 0 Å². The predicted molar refractivity (Wildman–Crippen MR) is 113 cm³/mol. The Morgan fingerprint density at radius 2 is 1.61 bits per heavy atom. The van der Waals surface area contributed by atoms with E-state index in [-0.39, 0.29) is 17.2 Å². The molecule has 2 aliphatic rings. The van der Waals surface area contributed by atoms with E-state index in [2.05, 4.69) is 70.9 Å². The number of hydroxylamine groups is 2. The van der Waals surface area contributed by atoms with E-state index >= 15 is 0 Å². The van der Waals surface area contributed by atoms with Crippen LogP contribution in [0.15, 0.2) is 30.3 Å². The molecule has 1 unspecified atom stereocenters. The van der Waals surface area contributed by atoms with Gasteiger partial charge in [0.15, 0.2) is 5.79 Å². The number of hydrogen-bond donors (Lipinski definition) is 0. The molecule has 1 aromatic rings. The van der Waals surface area contributed by atoms with Gasteiger partial charge in [0.1, 0.15) is 6.10 Å². The highest BCUT2D eigenvalue weighted by Crippen LogP contribution is 2.51. The maximum absolute atomic E-state index is 6.68. The number of piperidine rings is 1. The molecule has 4 heteroatoms. The third-order valence-electron chi connectivity index (χ3n) is 6.71. The molecule has 2 aliphatic heterocycles. The van der Waals surface area contributed by atoms with Crippen molar-refractivity contribution in [3.05, 3.63) is 41.8 Å². The summed E-state index contributed by atoms with van der Waals surface area (Å²) in [5, 5.41) is 2.29. The number of ether oxygens (including phenoxy) is 2. The summed E-state index contributed by atoms with van der Waals surface area (Å²) in [5.41, 5.74) is 0.887. The standard InChI is InChI=1S/C24H38NO3/c1-7-20-15-26-24(27-16-20)17-22(5,6)25(23(8-2,9-3)18-24)28-19(4)21-13-11-10-12-14-21/h10-14,19H,7-9,15-18H2,1-6H3. The van der Waals surface area contributed by atoms with Gasteiger partial charge in [0.25, 0.3) is 0 Å². The smallest absolute Gasteiger partial charge is 0.172 e. The summed E-state index contributed by atoms with van der Waals surface area (Å²) in [7, 11) is 0. The molecule has 2 heterocycles. The Balaban J connectivity index is 1.86. The van der Waals surface area contributed by atoms with Crippen LogP contribution < -0.4 is 0 Å². The zero-order valence-corrected chi connectivity index (χ0v) is 18.6. The van der Waals surface area contributed by atoms with Gasteiger partial charge >= 0.3 is 0 Å². The summed E-state index contributed by atoms with van der Waals surface area (Å²) in [6.07, 6.45) is 4.66. The lowest BCUT2D eigenvalue weighted by molar-refractivity contribution is -0.381. The molecule has 0 amide bonds. The van der Waals surface area contributed by atoms with Crippen LogP contribution >= 0.6 is 0 Å². The second-order valence-corrected chi connectivity index (χ2v) is 9.14. The van der Waals surface area contributed by atoms with Gasteiger partial charge in [-0.05, 0) is 45.6 Å². The summed E-state index contributed by atoms with van der Waals surface area (Å²) >= 11 is 0. The summed E-state index contributed by atoms with van der Waals surface area (Å²) in [5.74, 6) is 0.836. The van der Waals surface area contributed by atoms with Gasteiger partial charge in [0, 0.05) is 24.3 Å². The van der Waals surface area contributed by atoms with Crippen LogP contribution in [0.1, 0.15) is 85.3 Å². The second-order valence-electron chi connectivity index (χ2n) is 9.14. The molecule has 4 nitrogen and oxygen atoms in total. The molecule has 0 saturated carbocycles. The van der Waals surface area contributed by atoms with Crippen LogP contribution in [0.25, 0.3) is 0 Å². The molecule has 3 rings (SSSR count). The first kappa shape index (κ1) is 21.8. The van der Waals surface area contributed by atoms with E-state index in [0.29, 0.717) is 0 Å². The lowest BCUT2D eigenvalue weighted by Gasteiger charge is -2.60. The van der Waals surface area contributed by atoms with Gasteiger partial charge in [-0.25, -0.2) is 0 Å². The van der Waals surface area contributed by atoms with Crippen molar-refractivity contribution in [2.24, 2.45) is 0 Å². The Kier molecular flexibility index (Phi) is 6.55. The molecular weight excluding hydrogens is 350 g/mol. The maximum Gasteiger partial charge on any atom is 0.172 e. The van der Waals surface area contributed by atoms with E-state index in [4.69, 9.17) is 14.3 Å². The average molecular weight is 389 g/mol. The first-order valence-corrected chi connectivity index (χ1v) is 10.9. The van der Waals surface area contributed by atoms with Crippen molar-refractivity contribution < 1.29 is 14.3 Å². The molecular formula is C24H38NO3. The fourth-order valence-electron chi connectivity index (χ4n) is 4.95. The summed E-state index contributed by atoms with van der Waals surface area (Å²) in [6.45, 7) is 14.8. The highest BCUT2D eigenvalue weighted by atomic mass is 16.7.